The first-order chi connectivity index (χ1) is 9.24. The average Bonchev–Trinajstić information content (AvgIpc) is 3.01. The van der Waals surface area contributed by atoms with Gasteiger partial charge in [-0.2, -0.15) is 11.3 Å². The average molecular weight is 281 g/mol. The topological polar surface area (TPSA) is 45.8 Å². The van der Waals surface area contributed by atoms with Gasteiger partial charge in [0.1, 0.15) is 12.4 Å². The van der Waals surface area contributed by atoms with Crippen molar-refractivity contribution >= 4 is 11.3 Å². The lowest BCUT2D eigenvalue weighted by Crippen LogP contribution is -2.31. The van der Waals surface area contributed by atoms with E-state index in [-0.39, 0.29) is 0 Å². The minimum absolute atomic E-state index is 0.314. The Kier molecular flexibility index (Phi) is 5.60. The molecule has 2 aromatic heterocycles. The van der Waals surface area contributed by atoms with Gasteiger partial charge in [0.2, 0.25) is 0 Å². The minimum Gasteiger partial charge on any atom is -0.467 e. The molecule has 2 aromatic rings. The summed E-state index contributed by atoms with van der Waals surface area (Å²) >= 11 is 1.69. The fourth-order valence-corrected chi connectivity index (χ4v) is 2.52. The first-order valence-corrected chi connectivity index (χ1v) is 7.16. The van der Waals surface area contributed by atoms with E-state index in [0.717, 1.165) is 12.3 Å². The van der Waals surface area contributed by atoms with Crippen molar-refractivity contribution < 1.29 is 14.3 Å². The van der Waals surface area contributed by atoms with E-state index in [9.17, 15) is 5.11 Å². The second kappa shape index (κ2) is 7.45. The number of nitrogens with zero attached hydrogens (tertiary/aromatic N) is 1. The number of hydrogen-bond donors (Lipinski definition) is 1. The predicted octanol–water partition coefficient (Wildman–Crippen LogP) is 2.35. The van der Waals surface area contributed by atoms with Crippen LogP contribution in [0.4, 0.5) is 0 Å². The molecule has 4 nitrogen and oxygen atoms in total. The van der Waals surface area contributed by atoms with Crippen molar-refractivity contribution in [2.75, 3.05) is 20.2 Å². The van der Waals surface area contributed by atoms with Gasteiger partial charge in [-0.1, -0.05) is 0 Å². The largest absolute Gasteiger partial charge is 0.467 e. The van der Waals surface area contributed by atoms with Crippen molar-refractivity contribution in [3.8, 4) is 0 Å². The third kappa shape index (κ3) is 5.16. The Labute approximate surface area is 117 Å². The van der Waals surface area contributed by atoms with Crippen molar-refractivity contribution in [3.63, 3.8) is 0 Å². The van der Waals surface area contributed by atoms with Crippen molar-refractivity contribution in [1.82, 2.24) is 4.90 Å². The number of furan rings is 1. The number of rotatable bonds is 8. The van der Waals surface area contributed by atoms with E-state index in [1.807, 2.05) is 19.2 Å². The van der Waals surface area contributed by atoms with E-state index >= 15 is 0 Å². The van der Waals surface area contributed by atoms with Gasteiger partial charge in [0.25, 0.3) is 0 Å². The fourth-order valence-electron chi connectivity index (χ4n) is 1.86. The molecular weight excluding hydrogens is 262 g/mol. The molecule has 0 aromatic carbocycles. The standard InChI is InChI=1S/C14H19NO3S/c1-15(7-12-4-6-19-11-12)8-13(16)9-17-10-14-3-2-5-18-14/h2-6,11,13,16H,7-10H2,1H3. The maximum Gasteiger partial charge on any atom is 0.129 e. The Morgan fingerprint density at radius 1 is 1.47 bits per heavy atom. The Balaban J connectivity index is 1.62. The molecule has 0 amide bonds. The molecule has 1 atom stereocenters. The van der Waals surface area contributed by atoms with E-state index < -0.39 is 6.10 Å². The lowest BCUT2D eigenvalue weighted by Gasteiger charge is -2.19. The van der Waals surface area contributed by atoms with Crippen LogP contribution in [-0.4, -0.2) is 36.3 Å². The summed E-state index contributed by atoms with van der Waals surface area (Å²) in [5, 5.41) is 14.1. The van der Waals surface area contributed by atoms with Crippen LogP contribution < -0.4 is 0 Å². The van der Waals surface area contributed by atoms with E-state index in [2.05, 4.69) is 21.7 Å². The lowest BCUT2D eigenvalue weighted by molar-refractivity contribution is 0.00770. The number of aliphatic hydroxyl groups is 1. The SMILES string of the molecule is CN(Cc1ccsc1)CC(O)COCc1ccco1. The summed E-state index contributed by atoms with van der Waals surface area (Å²) < 4.78 is 10.6. The van der Waals surface area contributed by atoms with Crippen LogP contribution in [0.5, 0.6) is 0 Å². The van der Waals surface area contributed by atoms with Crippen molar-refractivity contribution in [2.24, 2.45) is 0 Å². The molecule has 0 radical (unpaired) electrons. The molecule has 104 valence electrons. The highest BCUT2D eigenvalue weighted by Crippen LogP contribution is 2.09. The third-order valence-electron chi connectivity index (χ3n) is 2.69. The van der Waals surface area contributed by atoms with Crippen LogP contribution in [0, 0.1) is 0 Å². The van der Waals surface area contributed by atoms with E-state index in [1.165, 1.54) is 5.56 Å². The number of likely N-dealkylation sites (N-methyl/N-ethyl adjacent to an activating group) is 1. The molecule has 0 aliphatic carbocycles. The van der Waals surface area contributed by atoms with Crippen LogP contribution in [0.2, 0.25) is 0 Å². The summed E-state index contributed by atoms with van der Waals surface area (Å²) in [6.45, 7) is 2.15. The van der Waals surface area contributed by atoms with Crippen LogP contribution in [0.1, 0.15) is 11.3 Å². The maximum atomic E-state index is 9.88. The minimum atomic E-state index is -0.487. The molecule has 0 fully saturated rings. The summed E-state index contributed by atoms with van der Waals surface area (Å²) in [6.07, 6.45) is 1.13. The van der Waals surface area contributed by atoms with Gasteiger partial charge < -0.3 is 14.3 Å². The van der Waals surface area contributed by atoms with Gasteiger partial charge in [-0.15, -0.1) is 0 Å². The van der Waals surface area contributed by atoms with E-state index in [0.29, 0.717) is 19.8 Å². The molecule has 19 heavy (non-hydrogen) atoms. The van der Waals surface area contributed by atoms with Gasteiger partial charge in [-0.3, -0.25) is 4.90 Å². The van der Waals surface area contributed by atoms with Gasteiger partial charge in [0.15, 0.2) is 0 Å². The normalized spacial score (nSPS) is 13.0. The molecule has 0 aliphatic heterocycles. The van der Waals surface area contributed by atoms with Crippen LogP contribution in [-0.2, 0) is 17.9 Å². The van der Waals surface area contributed by atoms with Crippen LogP contribution >= 0.6 is 11.3 Å². The molecule has 0 saturated carbocycles. The smallest absolute Gasteiger partial charge is 0.129 e. The predicted molar refractivity (Wildman–Crippen MR) is 75.0 cm³/mol. The monoisotopic (exact) mass is 281 g/mol. The first-order valence-electron chi connectivity index (χ1n) is 6.22. The zero-order valence-corrected chi connectivity index (χ0v) is 11.8. The molecule has 2 heterocycles. The summed E-state index contributed by atoms with van der Waals surface area (Å²) in [5.41, 5.74) is 1.27. The highest BCUT2D eigenvalue weighted by Gasteiger charge is 2.09. The molecule has 0 spiro atoms. The molecule has 0 saturated heterocycles. The van der Waals surface area contributed by atoms with Crippen molar-refractivity contribution in [1.29, 1.82) is 0 Å². The van der Waals surface area contributed by atoms with E-state index in [4.69, 9.17) is 9.15 Å². The molecule has 0 aliphatic rings. The van der Waals surface area contributed by atoms with Crippen molar-refractivity contribution in [3.05, 3.63) is 46.5 Å². The number of ether oxygens (including phenoxy) is 1. The molecule has 0 bridgehead atoms. The Morgan fingerprint density at radius 2 is 2.37 bits per heavy atom. The lowest BCUT2D eigenvalue weighted by atomic mass is 10.3. The van der Waals surface area contributed by atoms with Gasteiger partial charge in [-0.25, -0.2) is 0 Å². The first kappa shape index (κ1) is 14.3. The fraction of sp³-hybridized carbons (Fsp3) is 0.429. The second-order valence-corrected chi connectivity index (χ2v) is 5.36. The van der Waals surface area contributed by atoms with Gasteiger partial charge in [0, 0.05) is 13.1 Å². The summed E-state index contributed by atoms with van der Waals surface area (Å²) in [6, 6.07) is 5.78. The number of aliphatic hydroxyl groups excluding tert-OH is 1. The number of thiophene rings is 1. The summed E-state index contributed by atoms with van der Waals surface area (Å²) in [7, 11) is 1.99. The van der Waals surface area contributed by atoms with Crippen LogP contribution in [0.15, 0.2) is 39.6 Å². The summed E-state index contributed by atoms with van der Waals surface area (Å²) in [5.74, 6) is 0.777. The Hall–Kier alpha value is -1.14. The molecule has 1 N–H and O–H groups in total. The quantitative estimate of drug-likeness (QED) is 0.807. The van der Waals surface area contributed by atoms with Crippen LogP contribution in [0.3, 0.4) is 0 Å². The third-order valence-corrected chi connectivity index (χ3v) is 3.42. The zero-order chi connectivity index (χ0) is 13.5. The highest BCUT2D eigenvalue weighted by atomic mass is 32.1. The highest BCUT2D eigenvalue weighted by molar-refractivity contribution is 7.07. The zero-order valence-electron chi connectivity index (χ0n) is 11.0. The second-order valence-electron chi connectivity index (χ2n) is 4.58. The number of hydrogen-bond acceptors (Lipinski definition) is 5. The van der Waals surface area contributed by atoms with Crippen LogP contribution in [0.25, 0.3) is 0 Å². The summed E-state index contributed by atoms with van der Waals surface area (Å²) in [4.78, 5) is 2.09. The van der Waals surface area contributed by atoms with Gasteiger partial charge in [-0.05, 0) is 41.6 Å². The molecular formula is C14H19NO3S. The van der Waals surface area contributed by atoms with Gasteiger partial charge in [0.05, 0.1) is 19.0 Å². The maximum absolute atomic E-state index is 9.88. The van der Waals surface area contributed by atoms with Crippen molar-refractivity contribution in [2.45, 2.75) is 19.3 Å². The van der Waals surface area contributed by atoms with Gasteiger partial charge >= 0.3 is 0 Å². The molecule has 1 unspecified atom stereocenters. The molecule has 2 rings (SSSR count). The Bertz CT molecular complexity index is 441. The Morgan fingerprint density at radius 3 is 3.05 bits per heavy atom. The molecule has 5 heteroatoms. The van der Waals surface area contributed by atoms with E-state index in [1.54, 1.807) is 17.6 Å².